The number of hydrogen-bond donors (Lipinski definition) is 1. The Hall–Kier alpha value is -2.46. The minimum atomic E-state index is -4.68. The molecule has 0 unspecified atom stereocenters. The molecule has 36 heavy (non-hydrogen) atoms. The fraction of sp³-hybridized carbons (Fsp3) is 0.480. The van der Waals surface area contributed by atoms with E-state index in [0.29, 0.717) is 12.8 Å². The highest BCUT2D eigenvalue weighted by atomic mass is 35.5. The Morgan fingerprint density at radius 2 is 1.64 bits per heavy atom. The number of rotatable bonds is 6. The van der Waals surface area contributed by atoms with Crippen LogP contribution in [-0.2, 0) is 20.8 Å². The van der Waals surface area contributed by atoms with Gasteiger partial charge in [-0.15, -0.1) is 0 Å². The molecule has 0 saturated carbocycles. The second-order valence-corrected chi connectivity index (χ2v) is 12.4. The van der Waals surface area contributed by atoms with Crippen LogP contribution in [0.25, 0.3) is 0 Å². The third-order valence-corrected chi connectivity index (χ3v) is 8.15. The third kappa shape index (κ3) is 5.59. The number of carbonyl (C=O) groups is 1. The van der Waals surface area contributed by atoms with Crippen LogP contribution in [0.15, 0.2) is 47.4 Å². The van der Waals surface area contributed by atoms with E-state index in [2.05, 4.69) is 10.2 Å². The van der Waals surface area contributed by atoms with Crippen LogP contribution in [0.4, 0.5) is 18.9 Å². The van der Waals surface area contributed by atoms with Gasteiger partial charge >= 0.3 is 6.18 Å². The highest BCUT2D eigenvalue weighted by molar-refractivity contribution is 7.90. The van der Waals surface area contributed by atoms with E-state index in [1.165, 1.54) is 26.2 Å². The third-order valence-electron chi connectivity index (χ3n) is 6.79. The lowest BCUT2D eigenvalue weighted by Gasteiger charge is -2.41. The maximum Gasteiger partial charge on any atom is 0.420 e. The number of benzene rings is 2. The molecule has 0 aromatic heterocycles. The smallest absolute Gasteiger partial charge is 0.420 e. The Morgan fingerprint density at radius 1 is 1.06 bits per heavy atom. The highest BCUT2D eigenvalue weighted by Gasteiger charge is 2.43. The van der Waals surface area contributed by atoms with Crippen molar-refractivity contribution in [3.63, 3.8) is 0 Å². The first-order valence-corrected chi connectivity index (χ1v) is 13.9. The SMILES string of the molecule is CC(C)(Oc1ccc(Cl)cc1C(F)(F)F)C(=O)N[C@H]1C[C@H]2CC[C@@H](C1)N2c1ccc(S(C)(=O)=O)cc1. The van der Waals surface area contributed by atoms with Crippen molar-refractivity contribution >= 4 is 33.0 Å². The average Bonchev–Trinajstić information content (AvgIpc) is 3.04. The van der Waals surface area contributed by atoms with Gasteiger partial charge < -0.3 is 15.0 Å². The first-order valence-electron chi connectivity index (χ1n) is 11.6. The van der Waals surface area contributed by atoms with Gasteiger partial charge in [-0.2, -0.15) is 13.2 Å². The molecule has 2 saturated heterocycles. The summed E-state index contributed by atoms with van der Waals surface area (Å²) in [4.78, 5) is 15.6. The Kier molecular flexibility index (Phi) is 6.98. The fourth-order valence-electron chi connectivity index (χ4n) is 5.08. The number of fused-ring (bicyclic) bond motifs is 2. The molecule has 11 heteroatoms. The summed E-state index contributed by atoms with van der Waals surface area (Å²) >= 11 is 5.74. The van der Waals surface area contributed by atoms with Crippen molar-refractivity contribution in [3.8, 4) is 5.75 Å². The van der Waals surface area contributed by atoms with Crippen molar-refractivity contribution in [1.82, 2.24) is 5.32 Å². The summed E-state index contributed by atoms with van der Waals surface area (Å²) in [5, 5.41) is 2.90. The molecule has 4 rings (SSSR count). The molecule has 0 aliphatic carbocycles. The van der Waals surface area contributed by atoms with E-state index in [-0.39, 0.29) is 28.0 Å². The van der Waals surface area contributed by atoms with Gasteiger partial charge in [-0.25, -0.2) is 8.42 Å². The highest BCUT2D eigenvalue weighted by Crippen LogP contribution is 2.41. The van der Waals surface area contributed by atoms with Crippen LogP contribution < -0.4 is 15.0 Å². The molecule has 2 bridgehead atoms. The molecule has 3 atom stereocenters. The molecular formula is C25H28ClF3N2O4S. The molecule has 2 fully saturated rings. The number of ether oxygens (including phenoxy) is 1. The molecule has 2 aliphatic rings. The first-order chi connectivity index (χ1) is 16.6. The van der Waals surface area contributed by atoms with Gasteiger partial charge in [0.2, 0.25) is 0 Å². The maximum atomic E-state index is 13.5. The van der Waals surface area contributed by atoms with E-state index < -0.39 is 38.8 Å². The number of anilines is 1. The molecular weight excluding hydrogens is 517 g/mol. The predicted octanol–water partition coefficient (Wildman–Crippen LogP) is 5.24. The predicted molar refractivity (Wildman–Crippen MR) is 131 cm³/mol. The van der Waals surface area contributed by atoms with Crippen LogP contribution >= 0.6 is 11.6 Å². The molecule has 2 aromatic rings. The fourth-order valence-corrected chi connectivity index (χ4v) is 5.88. The Balaban J connectivity index is 1.43. The van der Waals surface area contributed by atoms with Crippen LogP contribution in [0.1, 0.15) is 45.1 Å². The summed E-state index contributed by atoms with van der Waals surface area (Å²) in [5.74, 6) is -0.958. The first kappa shape index (κ1) is 26.6. The zero-order valence-electron chi connectivity index (χ0n) is 20.1. The Labute approximate surface area is 213 Å². The van der Waals surface area contributed by atoms with Crippen molar-refractivity contribution in [3.05, 3.63) is 53.1 Å². The summed E-state index contributed by atoms with van der Waals surface area (Å²) in [7, 11) is -3.28. The Morgan fingerprint density at radius 3 is 2.17 bits per heavy atom. The zero-order valence-corrected chi connectivity index (χ0v) is 21.7. The van der Waals surface area contributed by atoms with Crippen LogP contribution in [0, 0.1) is 0 Å². The Bertz CT molecular complexity index is 1230. The summed E-state index contributed by atoms with van der Waals surface area (Å²) in [5.41, 5.74) is -1.65. The topological polar surface area (TPSA) is 75.7 Å². The normalized spacial score (nSPS) is 22.4. The van der Waals surface area contributed by atoms with Crippen LogP contribution in [0.2, 0.25) is 5.02 Å². The number of piperidine rings is 1. The van der Waals surface area contributed by atoms with E-state index in [1.807, 2.05) is 12.1 Å². The molecule has 2 aliphatic heterocycles. The number of nitrogens with zero attached hydrogens (tertiary/aromatic N) is 1. The number of carbonyl (C=O) groups excluding carboxylic acids is 1. The maximum absolute atomic E-state index is 13.5. The summed E-state index contributed by atoms with van der Waals surface area (Å²) in [6.07, 6.45) is -0.309. The second kappa shape index (κ2) is 9.45. The lowest BCUT2D eigenvalue weighted by Crippen LogP contribution is -2.55. The monoisotopic (exact) mass is 544 g/mol. The minimum absolute atomic E-state index is 0.0786. The van der Waals surface area contributed by atoms with Gasteiger partial charge in [0.15, 0.2) is 15.4 Å². The molecule has 6 nitrogen and oxygen atoms in total. The van der Waals surface area contributed by atoms with Gasteiger partial charge in [0, 0.05) is 35.1 Å². The van der Waals surface area contributed by atoms with Crippen LogP contribution in [0.3, 0.4) is 0 Å². The van der Waals surface area contributed by atoms with E-state index >= 15 is 0 Å². The summed E-state index contributed by atoms with van der Waals surface area (Å²) < 4.78 is 69.4. The average molecular weight is 545 g/mol. The molecule has 0 radical (unpaired) electrons. The van der Waals surface area contributed by atoms with Gasteiger partial charge in [-0.3, -0.25) is 4.79 Å². The minimum Gasteiger partial charge on any atom is -0.477 e. The van der Waals surface area contributed by atoms with E-state index in [4.69, 9.17) is 16.3 Å². The lowest BCUT2D eigenvalue weighted by atomic mass is 9.95. The van der Waals surface area contributed by atoms with E-state index in [1.54, 1.807) is 12.1 Å². The molecule has 1 N–H and O–H groups in total. The number of nitrogens with one attached hydrogen (secondary N) is 1. The second-order valence-electron chi connectivity index (χ2n) is 9.95. The van der Waals surface area contributed by atoms with E-state index in [0.717, 1.165) is 30.7 Å². The molecule has 196 valence electrons. The molecule has 2 aromatic carbocycles. The number of amides is 1. The van der Waals surface area contributed by atoms with Gasteiger partial charge in [-0.05, 0) is 82.0 Å². The quantitative estimate of drug-likeness (QED) is 0.538. The van der Waals surface area contributed by atoms with Crippen molar-refractivity contribution in [2.24, 2.45) is 0 Å². The van der Waals surface area contributed by atoms with Gasteiger partial charge in [0.25, 0.3) is 5.91 Å². The lowest BCUT2D eigenvalue weighted by molar-refractivity contribution is -0.143. The van der Waals surface area contributed by atoms with Gasteiger partial charge in [0.05, 0.1) is 10.5 Å². The van der Waals surface area contributed by atoms with Crippen molar-refractivity contribution in [1.29, 1.82) is 0 Å². The number of alkyl halides is 3. The van der Waals surface area contributed by atoms with Gasteiger partial charge in [0.1, 0.15) is 5.75 Å². The number of halogens is 4. The zero-order chi connectivity index (χ0) is 26.5. The molecule has 2 heterocycles. The van der Waals surface area contributed by atoms with Crippen LogP contribution in [-0.4, -0.2) is 44.3 Å². The van der Waals surface area contributed by atoms with E-state index in [9.17, 15) is 26.4 Å². The van der Waals surface area contributed by atoms with Crippen molar-refractivity contribution in [2.75, 3.05) is 11.2 Å². The van der Waals surface area contributed by atoms with Crippen LogP contribution in [0.5, 0.6) is 5.75 Å². The largest absolute Gasteiger partial charge is 0.477 e. The summed E-state index contributed by atoms with van der Waals surface area (Å²) in [6, 6.07) is 10.2. The number of sulfone groups is 1. The van der Waals surface area contributed by atoms with Gasteiger partial charge in [-0.1, -0.05) is 11.6 Å². The standard InChI is InChI=1S/C25H28ClF3N2O4S/c1-24(2,35-22-11-4-15(26)12-21(22)25(27,28)29)23(32)30-16-13-18-5-6-19(14-16)31(18)17-7-9-20(10-8-17)36(3,33)34/h4,7-12,16,18-19H,5-6,13-14H2,1-3H3,(H,30,32)/t16-,18+,19-. The van der Waals surface area contributed by atoms with Crippen molar-refractivity contribution < 1.29 is 31.1 Å². The number of hydrogen-bond acceptors (Lipinski definition) is 5. The molecule has 0 spiro atoms. The molecule has 1 amide bonds. The van der Waals surface area contributed by atoms with Crippen molar-refractivity contribution in [2.45, 2.75) is 74.3 Å². The summed E-state index contributed by atoms with van der Waals surface area (Å²) in [6.45, 7) is 2.87.